The summed E-state index contributed by atoms with van der Waals surface area (Å²) in [5, 5.41) is 8.92. The third-order valence-electron chi connectivity index (χ3n) is 3.14. The van der Waals surface area contributed by atoms with Gasteiger partial charge in [0.2, 0.25) is 0 Å². The number of carbonyl (C=O) groups excluding carboxylic acids is 1. The Kier molecular flexibility index (Phi) is 5.35. The maximum Gasteiger partial charge on any atom is 0.254 e. The van der Waals surface area contributed by atoms with Crippen molar-refractivity contribution in [1.29, 1.82) is 0 Å². The predicted molar refractivity (Wildman–Crippen MR) is 73.8 cm³/mol. The van der Waals surface area contributed by atoms with E-state index in [0.29, 0.717) is 13.0 Å². The van der Waals surface area contributed by atoms with Gasteiger partial charge in [-0.15, -0.1) is 0 Å². The first-order valence-corrected chi connectivity index (χ1v) is 6.47. The molecule has 0 bridgehead atoms. The number of rotatable bonds is 5. The molecular formula is C15H23NO2. The third-order valence-corrected chi connectivity index (χ3v) is 3.14. The normalized spacial score (nSPS) is 10.8. The smallest absolute Gasteiger partial charge is 0.254 e. The van der Waals surface area contributed by atoms with Crippen LogP contribution in [0.1, 0.15) is 41.8 Å². The third kappa shape index (κ3) is 3.33. The quantitative estimate of drug-likeness (QED) is 0.871. The molecule has 0 radical (unpaired) electrons. The lowest BCUT2D eigenvalue weighted by molar-refractivity contribution is 0.0691. The van der Waals surface area contributed by atoms with Gasteiger partial charge in [0.05, 0.1) is 0 Å². The van der Waals surface area contributed by atoms with Crippen molar-refractivity contribution in [3.05, 3.63) is 34.9 Å². The van der Waals surface area contributed by atoms with E-state index >= 15 is 0 Å². The summed E-state index contributed by atoms with van der Waals surface area (Å²) >= 11 is 0. The molecule has 0 aliphatic carbocycles. The molecule has 0 saturated heterocycles. The molecule has 0 aromatic heterocycles. The molecule has 0 aliphatic heterocycles. The van der Waals surface area contributed by atoms with Gasteiger partial charge in [-0.2, -0.15) is 0 Å². The van der Waals surface area contributed by atoms with E-state index < -0.39 is 0 Å². The van der Waals surface area contributed by atoms with Crippen molar-refractivity contribution >= 4 is 5.91 Å². The first-order chi connectivity index (χ1) is 8.49. The van der Waals surface area contributed by atoms with Crippen LogP contribution in [0.15, 0.2) is 18.2 Å². The molecule has 18 heavy (non-hydrogen) atoms. The molecule has 1 aromatic rings. The molecule has 1 N–H and O–H groups in total. The second-order valence-electron chi connectivity index (χ2n) is 4.94. The highest BCUT2D eigenvalue weighted by atomic mass is 16.3. The van der Waals surface area contributed by atoms with E-state index in [0.717, 1.165) is 16.7 Å². The molecule has 0 heterocycles. The number of hydrogen-bond acceptors (Lipinski definition) is 2. The van der Waals surface area contributed by atoms with E-state index in [1.807, 2.05) is 50.8 Å². The molecule has 0 atom stereocenters. The van der Waals surface area contributed by atoms with Gasteiger partial charge in [-0.05, 0) is 45.2 Å². The van der Waals surface area contributed by atoms with Crippen molar-refractivity contribution in [2.45, 2.75) is 40.2 Å². The van der Waals surface area contributed by atoms with Gasteiger partial charge in [-0.3, -0.25) is 4.79 Å². The summed E-state index contributed by atoms with van der Waals surface area (Å²) < 4.78 is 0. The zero-order chi connectivity index (χ0) is 13.7. The monoisotopic (exact) mass is 249 g/mol. The first kappa shape index (κ1) is 14.7. The fourth-order valence-corrected chi connectivity index (χ4v) is 2.13. The molecule has 1 amide bonds. The van der Waals surface area contributed by atoms with Crippen LogP contribution in [0.25, 0.3) is 0 Å². The van der Waals surface area contributed by atoms with Crippen LogP contribution in [0.4, 0.5) is 0 Å². The van der Waals surface area contributed by atoms with E-state index in [9.17, 15) is 4.79 Å². The summed E-state index contributed by atoms with van der Waals surface area (Å²) in [5.41, 5.74) is 2.81. The maximum atomic E-state index is 12.6. The fraction of sp³-hybridized carbons (Fsp3) is 0.533. The average molecular weight is 249 g/mol. The highest BCUT2D eigenvalue weighted by Gasteiger charge is 2.21. The summed E-state index contributed by atoms with van der Waals surface area (Å²) in [6.07, 6.45) is 0.620. The van der Waals surface area contributed by atoms with E-state index in [-0.39, 0.29) is 18.6 Å². The van der Waals surface area contributed by atoms with E-state index in [2.05, 4.69) is 0 Å². The second kappa shape index (κ2) is 6.55. The number of amides is 1. The Hall–Kier alpha value is -1.35. The van der Waals surface area contributed by atoms with Crippen LogP contribution in [0.2, 0.25) is 0 Å². The predicted octanol–water partition coefficient (Wildman–Crippen LogP) is 2.54. The van der Waals surface area contributed by atoms with E-state index in [1.165, 1.54) is 0 Å². The number of nitrogens with zero attached hydrogens (tertiary/aromatic N) is 1. The Balaban J connectivity index is 3.02. The number of benzene rings is 1. The van der Waals surface area contributed by atoms with E-state index in [1.54, 1.807) is 0 Å². The zero-order valence-corrected chi connectivity index (χ0v) is 11.7. The van der Waals surface area contributed by atoms with Crippen molar-refractivity contribution in [3.8, 4) is 0 Å². The molecule has 3 nitrogen and oxygen atoms in total. The minimum Gasteiger partial charge on any atom is -0.396 e. The number of aliphatic hydroxyl groups is 1. The van der Waals surface area contributed by atoms with Crippen molar-refractivity contribution in [1.82, 2.24) is 4.90 Å². The topological polar surface area (TPSA) is 40.5 Å². The van der Waals surface area contributed by atoms with Gasteiger partial charge in [-0.1, -0.05) is 18.2 Å². The molecule has 0 aliphatic rings. The van der Waals surface area contributed by atoms with Crippen molar-refractivity contribution in [2.24, 2.45) is 0 Å². The summed E-state index contributed by atoms with van der Waals surface area (Å²) in [4.78, 5) is 14.4. The second-order valence-corrected chi connectivity index (χ2v) is 4.94. The van der Waals surface area contributed by atoms with Crippen LogP contribution in [0.3, 0.4) is 0 Å². The number of aryl methyl sites for hydroxylation is 2. The summed E-state index contributed by atoms with van der Waals surface area (Å²) in [7, 11) is 0. The molecule has 3 heteroatoms. The lowest BCUT2D eigenvalue weighted by Gasteiger charge is -2.28. The molecule has 100 valence electrons. The number of aliphatic hydroxyl groups excluding tert-OH is 1. The van der Waals surface area contributed by atoms with E-state index in [4.69, 9.17) is 5.11 Å². The van der Waals surface area contributed by atoms with Crippen LogP contribution in [0, 0.1) is 13.8 Å². The standard InChI is InChI=1S/C15H23NO2/c1-11(2)16(9-6-10-17)15(18)14-12(3)7-5-8-13(14)4/h5,7-8,11,17H,6,9-10H2,1-4H3. The lowest BCUT2D eigenvalue weighted by Crippen LogP contribution is -2.38. The van der Waals surface area contributed by atoms with Gasteiger partial charge in [0.15, 0.2) is 0 Å². The van der Waals surface area contributed by atoms with Gasteiger partial charge >= 0.3 is 0 Å². The van der Waals surface area contributed by atoms with Gasteiger partial charge in [0.25, 0.3) is 5.91 Å². The highest BCUT2D eigenvalue weighted by Crippen LogP contribution is 2.17. The summed E-state index contributed by atoms with van der Waals surface area (Å²) in [6.45, 7) is 8.64. The Morgan fingerprint density at radius 3 is 2.28 bits per heavy atom. The SMILES string of the molecule is Cc1cccc(C)c1C(=O)N(CCCO)C(C)C. The van der Waals surface area contributed by atoms with Crippen LogP contribution in [-0.4, -0.2) is 35.1 Å². The van der Waals surface area contributed by atoms with Gasteiger partial charge < -0.3 is 10.0 Å². The average Bonchev–Trinajstić information content (AvgIpc) is 2.28. The Labute approximate surface area is 109 Å². The van der Waals surface area contributed by atoms with Gasteiger partial charge in [-0.25, -0.2) is 0 Å². The number of hydrogen-bond donors (Lipinski definition) is 1. The molecular weight excluding hydrogens is 226 g/mol. The maximum absolute atomic E-state index is 12.6. The van der Waals surface area contributed by atoms with Gasteiger partial charge in [0, 0.05) is 24.8 Å². The molecule has 0 unspecified atom stereocenters. The Bertz CT molecular complexity index is 393. The first-order valence-electron chi connectivity index (χ1n) is 6.47. The lowest BCUT2D eigenvalue weighted by atomic mass is 10.0. The number of carbonyl (C=O) groups is 1. The largest absolute Gasteiger partial charge is 0.396 e. The molecule has 1 rings (SSSR count). The minimum absolute atomic E-state index is 0.0639. The van der Waals surface area contributed by atoms with Crippen molar-refractivity contribution in [2.75, 3.05) is 13.2 Å². The molecule has 0 fully saturated rings. The van der Waals surface area contributed by atoms with Crippen LogP contribution >= 0.6 is 0 Å². The minimum atomic E-state index is 0.0639. The fourth-order valence-electron chi connectivity index (χ4n) is 2.13. The van der Waals surface area contributed by atoms with Crippen LogP contribution in [-0.2, 0) is 0 Å². The van der Waals surface area contributed by atoms with Gasteiger partial charge in [0.1, 0.15) is 0 Å². The van der Waals surface area contributed by atoms with Crippen LogP contribution in [0.5, 0.6) is 0 Å². The summed E-state index contributed by atoms with van der Waals surface area (Å²) in [5.74, 6) is 0.0639. The Morgan fingerprint density at radius 2 is 1.83 bits per heavy atom. The van der Waals surface area contributed by atoms with Crippen molar-refractivity contribution in [3.63, 3.8) is 0 Å². The molecule has 0 spiro atoms. The summed E-state index contributed by atoms with van der Waals surface area (Å²) in [6, 6.07) is 6.04. The van der Waals surface area contributed by atoms with Crippen LogP contribution < -0.4 is 0 Å². The molecule has 0 saturated carbocycles. The molecule has 1 aromatic carbocycles. The Morgan fingerprint density at radius 1 is 1.28 bits per heavy atom. The highest BCUT2D eigenvalue weighted by molar-refractivity contribution is 5.97. The van der Waals surface area contributed by atoms with Crippen molar-refractivity contribution < 1.29 is 9.90 Å². The zero-order valence-electron chi connectivity index (χ0n) is 11.7.